The van der Waals surface area contributed by atoms with E-state index >= 15 is 0 Å². The molecule has 2 amide bonds. The fourth-order valence-electron chi connectivity index (χ4n) is 2.80. The van der Waals surface area contributed by atoms with Crippen LogP contribution in [0.5, 0.6) is 0 Å². The van der Waals surface area contributed by atoms with Gasteiger partial charge >= 0.3 is 12.1 Å². The lowest BCUT2D eigenvalue weighted by atomic mass is 9.93. The van der Waals surface area contributed by atoms with Crippen molar-refractivity contribution in [1.82, 2.24) is 0 Å². The Balaban J connectivity index is 1.67. The highest BCUT2D eigenvalue weighted by Gasteiger charge is 2.39. The van der Waals surface area contributed by atoms with Gasteiger partial charge in [0.15, 0.2) is 0 Å². The van der Waals surface area contributed by atoms with E-state index in [2.05, 4.69) is 5.32 Å². The third kappa shape index (κ3) is 5.01. The van der Waals surface area contributed by atoms with Crippen molar-refractivity contribution in [2.45, 2.75) is 24.9 Å². The number of halogens is 4. The molecule has 0 bridgehead atoms. The van der Waals surface area contributed by atoms with Crippen LogP contribution in [-0.2, 0) is 9.59 Å². The summed E-state index contributed by atoms with van der Waals surface area (Å²) in [5, 5.41) is 5.12. The zero-order valence-electron chi connectivity index (χ0n) is 14.0. The molecule has 2 N–H and O–H groups in total. The van der Waals surface area contributed by atoms with Crippen molar-refractivity contribution in [3.05, 3.63) is 59.1 Å². The van der Waals surface area contributed by atoms with E-state index in [0.29, 0.717) is 10.7 Å². The summed E-state index contributed by atoms with van der Waals surface area (Å²) in [6, 6.07) is 12.6. The average molecular weight is 397 g/mol. The molecule has 1 unspecified atom stereocenters. The SMILES string of the molecule is O=C(Nc1ccc(NC(=O)C(F)(F)F)cc1)C(c1ccc(Cl)cc1)C1CC1. The summed E-state index contributed by atoms with van der Waals surface area (Å²) in [5.74, 6) is -2.29. The van der Waals surface area contributed by atoms with Crippen LogP contribution < -0.4 is 10.6 Å². The van der Waals surface area contributed by atoms with Crippen LogP contribution in [0.4, 0.5) is 24.5 Å². The predicted octanol–water partition coefficient (Wildman–Crippen LogP) is 4.97. The summed E-state index contributed by atoms with van der Waals surface area (Å²) in [6.07, 6.45) is -3.03. The minimum atomic E-state index is -4.96. The van der Waals surface area contributed by atoms with Gasteiger partial charge in [0.1, 0.15) is 0 Å². The average Bonchev–Trinajstić information content (AvgIpc) is 3.42. The molecule has 4 nitrogen and oxygen atoms in total. The third-order valence-electron chi connectivity index (χ3n) is 4.27. The van der Waals surface area contributed by atoms with Crippen LogP contribution in [0.15, 0.2) is 48.5 Å². The standard InChI is InChI=1S/C19H16ClF3N2O2/c20-13-5-3-12(4-6-13)16(11-1-2-11)17(26)24-14-7-9-15(10-8-14)25-18(27)19(21,22)23/h3-11,16H,1-2H2,(H,24,26)(H,25,27). The van der Waals surface area contributed by atoms with E-state index < -0.39 is 12.1 Å². The van der Waals surface area contributed by atoms with Gasteiger partial charge in [-0.1, -0.05) is 23.7 Å². The van der Waals surface area contributed by atoms with Gasteiger partial charge in [-0.25, -0.2) is 0 Å². The van der Waals surface area contributed by atoms with Gasteiger partial charge in [-0.15, -0.1) is 0 Å². The van der Waals surface area contributed by atoms with E-state index in [4.69, 9.17) is 11.6 Å². The lowest BCUT2D eigenvalue weighted by Gasteiger charge is -2.17. The fourth-order valence-corrected chi connectivity index (χ4v) is 2.92. The van der Waals surface area contributed by atoms with Gasteiger partial charge in [0, 0.05) is 16.4 Å². The van der Waals surface area contributed by atoms with Gasteiger partial charge in [0.25, 0.3) is 0 Å². The maximum atomic E-state index is 12.7. The number of benzene rings is 2. The topological polar surface area (TPSA) is 58.2 Å². The Kier molecular flexibility index (Phi) is 5.41. The summed E-state index contributed by atoms with van der Waals surface area (Å²) in [4.78, 5) is 23.6. The molecular weight excluding hydrogens is 381 g/mol. The Morgan fingerprint density at radius 1 is 0.926 bits per heavy atom. The van der Waals surface area contributed by atoms with E-state index in [1.54, 1.807) is 17.4 Å². The lowest BCUT2D eigenvalue weighted by molar-refractivity contribution is -0.167. The molecule has 8 heteroatoms. The first-order chi connectivity index (χ1) is 12.7. The molecule has 2 aromatic carbocycles. The van der Waals surface area contributed by atoms with Crippen molar-refractivity contribution in [3.8, 4) is 0 Å². The summed E-state index contributed by atoms with van der Waals surface area (Å²) >= 11 is 5.90. The highest BCUT2D eigenvalue weighted by molar-refractivity contribution is 6.30. The molecule has 0 heterocycles. The highest BCUT2D eigenvalue weighted by atomic mass is 35.5. The third-order valence-corrected chi connectivity index (χ3v) is 4.52. The van der Waals surface area contributed by atoms with E-state index in [-0.39, 0.29) is 23.4 Å². The molecule has 0 spiro atoms. The van der Waals surface area contributed by atoms with E-state index in [0.717, 1.165) is 18.4 Å². The molecule has 1 fully saturated rings. The molecule has 0 saturated heterocycles. The lowest BCUT2D eigenvalue weighted by Crippen LogP contribution is -2.29. The Hall–Kier alpha value is -2.54. The first kappa shape index (κ1) is 19.2. The van der Waals surface area contributed by atoms with Crippen molar-refractivity contribution < 1.29 is 22.8 Å². The van der Waals surface area contributed by atoms with Crippen molar-refractivity contribution in [3.63, 3.8) is 0 Å². The van der Waals surface area contributed by atoms with Crippen molar-refractivity contribution in [2.24, 2.45) is 5.92 Å². The van der Waals surface area contributed by atoms with Gasteiger partial charge in [-0.2, -0.15) is 13.2 Å². The maximum absolute atomic E-state index is 12.7. The van der Waals surface area contributed by atoms with Crippen molar-refractivity contribution in [2.75, 3.05) is 10.6 Å². The molecule has 1 aliphatic carbocycles. The van der Waals surface area contributed by atoms with Crippen molar-refractivity contribution >= 4 is 34.8 Å². The number of carbonyl (C=O) groups is 2. The number of anilines is 2. The van der Waals surface area contributed by atoms with Crippen LogP contribution in [0.25, 0.3) is 0 Å². The van der Waals surface area contributed by atoms with Crippen LogP contribution in [0.3, 0.4) is 0 Å². The summed E-state index contributed by atoms with van der Waals surface area (Å²) in [7, 11) is 0. The molecule has 0 aromatic heterocycles. The summed E-state index contributed by atoms with van der Waals surface area (Å²) in [5.41, 5.74) is 1.30. The quantitative estimate of drug-likeness (QED) is 0.749. The number of amides is 2. The van der Waals surface area contributed by atoms with Crippen LogP contribution >= 0.6 is 11.6 Å². The van der Waals surface area contributed by atoms with Gasteiger partial charge in [-0.05, 0) is 60.7 Å². The summed E-state index contributed by atoms with van der Waals surface area (Å²) < 4.78 is 36.8. The first-order valence-corrected chi connectivity index (χ1v) is 8.66. The number of rotatable bonds is 5. The first-order valence-electron chi connectivity index (χ1n) is 8.28. The minimum Gasteiger partial charge on any atom is -0.326 e. The number of hydrogen-bond donors (Lipinski definition) is 2. The normalized spacial score (nSPS) is 15.1. The Labute approximate surface area is 158 Å². The monoisotopic (exact) mass is 396 g/mol. The van der Waals surface area contributed by atoms with Crippen molar-refractivity contribution in [1.29, 1.82) is 0 Å². The van der Waals surface area contributed by atoms with Gasteiger partial charge in [0.05, 0.1) is 5.92 Å². The molecule has 0 radical (unpaired) electrons. The Morgan fingerprint density at radius 2 is 1.44 bits per heavy atom. The Morgan fingerprint density at radius 3 is 1.93 bits per heavy atom. The van der Waals surface area contributed by atoms with Crippen LogP contribution in [-0.4, -0.2) is 18.0 Å². The largest absolute Gasteiger partial charge is 0.471 e. The maximum Gasteiger partial charge on any atom is 0.471 e. The predicted molar refractivity (Wildman–Crippen MR) is 96.7 cm³/mol. The zero-order valence-corrected chi connectivity index (χ0v) is 14.8. The second-order valence-electron chi connectivity index (χ2n) is 6.39. The molecule has 1 saturated carbocycles. The highest BCUT2D eigenvalue weighted by Crippen LogP contribution is 2.43. The molecule has 27 heavy (non-hydrogen) atoms. The van der Waals surface area contributed by atoms with Gasteiger partial charge in [0.2, 0.25) is 5.91 Å². The van der Waals surface area contributed by atoms with E-state index in [9.17, 15) is 22.8 Å². The summed E-state index contributed by atoms with van der Waals surface area (Å²) in [6.45, 7) is 0. The number of carbonyl (C=O) groups excluding carboxylic acids is 2. The molecule has 1 atom stereocenters. The van der Waals surface area contributed by atoms with Crippen LogP contribution in [0.1, 0.15) is 24.3 Å². The molecule has 1 aliphatic rings. The van der Waals surface area contributed by atoms with Gasteiger partial charge < -0.3 is 10.6 Å². The second kappa shape index (κ2) is 7.60. The molecule has 142 valence electrons. The van der Waals surface area contributed by atoms with E-state index in [1.165, 1.54) is 24.3 Å². The van der Waals surface area contributed by atoms with Crippen LogP contribution in [0.2, 0.25) is 5.02 Å². The van der Waals surface area contributed by atoms with Crippen LogP contribution in [0, 0.1) is 5.92 Å². The molecule has 2 aromatic rings. The fraction of sp³-hybridized carbons (Fsp3) is 0.263. The smallest absolute Gasteiger partial charge is 0.326 e. The molecule has 3 rings (SSSR count). The Bertz CT molecular complexity index is 832. The number of hydrogen-bond acceptors (Lipinski definition) is 2. The van der Waals surface area contributed by atoms with E-state index in [1.807, 2.05) is 12.1 Å². The molecular formula is C19H16ClF3N2O2. The van der Waals surface area contributed by atoms with Gasteiger partial charge in [-0.3, -0.25) is 9.59 Å². The minimum absolute atomic E-state index is 0.00762. The second-order valence-corrected chi connectivity index (χ2v) is 6.82. The zero-order chi connectivity index (χ0) is 19.6. The molecule has 0 aliphatic heterocycles. The number of alkyl halides is 3. The number of nitrogens with one attached hydrogen (secondary N) is 2.